The van der Waals surface area contributed by atoms with Crippen molar-refractivity contribution < 1.29 is 14.3 Å². The molecule has 0 heterocycles. The minimum Gasteiger partial charge on any atom is -0.466 e. The van der Waals surface area contributed by atoms with E-state index in [1.165, 1.54) is 0 Å². The summed E-state index contributed by atoms with van der Waals surface area (Å²) in [5.41, 5.74) is 0. The summed E-state index contributed by atoms with van der Waals surface area (Å²) < 4.78 is 4.65. The molecule has 0 aliphatic rings. The van der Waals surface area contributed by atoms with Crippen LogP contribution in [0.5, 0.6) is 0 Å². The Morgan fingerprint density at radius 1 is 1.43 bits per heavy atom. The van der Waals surface area contributed by atoms with Crippen LogP contribution in [0.25, 0.3) is 0 Å². The maximum atomic E-state index is 11.1. The summed E-state index contributed by atoms with van der Waals surface area (Å²) in [5.74, 6) is -0.526. The van der Waals surface area contributed by atoms with Crippen molar-refractivity contribution in [3.63, 3.8) is 0 Å². The lowest BCUT2D eigenvalue weighted by atomic mass is 10.1. The molecule has 0 saturated carbocycles. The Hall–Kier alpha value is -1.38. The Labute approximate surface area is 84.4 Å². The van der Waals surface area contributed by atoms with Gasteiger partial charge in [-0.3, -0.25) is 9.59 Å². The molecule has 0 aliphatic carbocycles. The molecule has 0 aromatic carbocycles. The topological polar surface area (TPSA) is 43.4 Å². The summed E-state index contributed by atoms with van der Waals surface area (Å²) in [6, 6.07) is 0. The van der Waals surface area contributed by atoms with Gasteiger partial charge < -0.3 is 4.74 Å². The first-order chi connectivity index (χ1) is 6.70. The standard InChI is InChI=1S/C11H16O3/c1-3-5-6-7-8-10(12)9-11(13)14-4-2/h3,5-6H,1,4,7-9H2,2H3. The fourth-order valence-electron chi connectivity index (χ4n) is 0.898. The predicted molar refractivity (Wildman–Crippen MR) is 54.8 cm³/mol. The molecule has 0 rings (SSSR count). The highest BCUT2D eigenvalue weighted by molar-refractivity contribution is 5.95. The van der Waals surface area contributed by atoms with Gasteiger partial charge in [0.1, 0.15) is 12.2 Å². The van der Waals surface area contributed by atoms with Gasteiger partial charge in [-0.05, 0) is 13.3 Å². The molecule has 0 aromatic rings. The minimum atomic E-state index is -0.440. The maximum absolute atomic E-state index is 11.1. The molecule has 0 saturated heterocycles. The number of carbonyl (C=O) groups is 2. The van der Waals surface area contributed by atoms with Gasteiger partial charge in [0.2, 0.25) is 0 Å². The van der Waals surface area contributed by atoms with Crippen molar-refractivity contribution in [1.82, 2.24) is 0 Å². The van der Waals surface area contributed by atoms with Crippen LogP contribution in [0.4, 0.5) is 0 Å². The van der Waals surface area contributed by atoms with Crippen molar-refractivity contribution in [3.05, 3.63) is 24.8 Å². The third-order valence-electron chi connectivity index (χ3n) is 1.51. The van der Waals surface area contributed by atoms with Crippen molar-refractivity contribution in [3.8, 4) is 0 Å². The van der Waals surface area contributed by atoms with E-state index in [1.54, 1.807) is 19.1 Å². The second kappa shape index (κ2) is 8.23. The molecule has 0 aliphatic heterocycles. The van der Waals surface area contributed by atoms with Crippen LogP contribution < -0.4 is 0 Å². The van der Waals surface area contributed by atoms with Crippen molar-refractivity contribution in [2.24, 2.45) is 0 Å². The van der Waals surface area contributed by atoms with Crippen molar-refractivity contribution in [2.75, 3.05) is 6.61 Å². The van der Waals surface area contributed by atoms with Gasteiger partial charge in [0.05, 0.1) is 6.61 Å². The highest BCUT2D eigenvalue weighted by Gasteiger charge is 2.08. The third-order valence-corrected chi connectivity index (χ3v) is 1.51. The maximum Gasteiger partial charge on any atom is 0.313 e. The first-order valence-electron chi connectivity index (χ1n) is 4.65. The molecule has 0 aromatic heterocycles. The lowest BCUT2D eigenvalue weighted by molar-refractivity contribution is -0.145. The summed E-state index contributed by atoms with van der Waals surface area (Å²) in [6.07, 6.45) is 6.17. The number of hydrogen-bond donors (Lipinski definition) is 0. The van der Waals surface area contributed by atoms with Crippen LogP contribution >= 0.6 is 0 Å². The molecule has 0 radical (unpaired) electrons. The molecule has 3 nitrogen and oxygen atoms in total. The molecule has 14 heavy (non-hydrogen) atoms. The monoisotopic (exact) mass is 196 g/mol. The second-order valence-electron chi connectivity index (χ2n) is 2.72. The molecule has 78 valence electrons. The van der Waals surface area contributed by atoms with E-state index in [9.17, 15) is 9.59 Å². The van der Waals surface area contributed by atoms with Crippen LogP contribution in [-0.4, -0.2) is 18.4 Å². The van der Waals surface area contributed by atoms with Crippen molar-refractivity contribution in [2.45, 2.75) is 26.2 Å². The highest BCUT2D eigenvalue weighted by atomic mass is 16.5. The Balaban J connectivity index is 3.59. The van der Waals surface area contributed by atoms with Gasteiger partial charge in [0.25, 0.3) is 0 Å². The molecule has 0 unspecified atom stereocenters. The molecule has 3 heteroatoms. The number of esters is 1. The lowest BCUT2D eigenvalue weighted by Crippen LogP contribution is -2.10. The van der Waals surface area contributed by atoms with Gasteiger partial charge in [-0.25, -0.2) is 0 Å². The van der Waals surface area contributed by atoms with Crippen molar-refractivity contribution in [1.29, 1.82) is 0 Å². The van der Waals surface area contributed by atoms with Crippen LogP contribution in [0.15, 0.2) is 24.8 Å². The first-order valence-corrected chi connectivity index (χ1v) is 4.65. The van der Waals surface area contributed by atoms with E-state index in [1.807, 2.05) is 6.08 Å². The molecule has 0 spiro atoms. The molecule has 0 fully saturated rings. The summed E-state index contributed by atoms with van der Waals surface area (Å²) >= 11 is 0. The zero-order chi connectivity index (χ0) is 10.8. The van der Waals surface area contributed by atoms with Gasteiger partial charge >= 0.3 is 5.97 Å². The van der Waals surface area contributed by atoms with Gasteiger partial charge in [-0.1, -0.05) is 24.8 Å². The third kappa shape index (κ3) is 7.28. The first kappa shape index (κ1) is 12.6. The number of hydrogen-bond acceptors (Lipinski definition) is 3. The molecular weight excluding hydrogens is 180 g/mol. The second-order valence-corrected chi connectivity index (χ2v) is 2.72. The highest BCUT2D eigenvalue weighted by Crippen LogP contribution is 1.98. The lowest BCUT2D eigenvalue weighted by Gasteiger charge is -1.99. The Morgan fingerprint density at radius 2 is 2.14 bits per heavy atom. The average molecular weight is 196 g/mol. The largest absolute Gasteiger partial charge is 0.466 e. The summed E-state index contributed by atoms with van der Waals surface area (Å²) in [6.45, 7) is 5.54. The summed E-state index contributed by atoms with van der Waals surface area (Å²) in [7, 11) is 0. The Kier molecular flexibility index (Phi) is 7.42. The van der Waals surface area contributed by atoms with Gasteiger partial charge in [-0.15, -0.1) is 0 Å². The van der Waals surface area contributed by atoms with Gasteiger partial charge in [0.15, 0.2) is 0 Å². The zero-order valence-corrected chi connectivity index (χ0v) is 8.49. The van der Waals surface area contributed by atoms with Crippen LogP contribution in [0.2, 0.25) is 0 Å². The average Bonchev–Trinajstić information content (AvgIpc) is 2.13. The molecular formula is C11H16O3. The number of Topliss-reactive ketones (excluding diaryl/α,β-unsaturated/α-hetero) is 1. The fraction of sp³-hybridized carbons (Fsp3) is 0.455. The minimum absolute atomic E-state index is 0.0860. The Morgan fingerprint density at radius 3 is 2.71 bits per heavy atom. The molecule has 0 bridgehead atoms. The summed E-state index contributed by atoms with van der Waals surface area (Å²) in [4.78, 5) is 22.0. The van der Waals surface area contributed by atoms with Crippen LogP contribution in [-0.2, 0) is 14.3 Å². The van der Waals surface area contributed by atoms with E-state index in [4.69, 9.17) is 0 Å². The number of rotatable bonds is 7. The quantitative estimate of drug-likeness (QED) is 0.355. The number of allylic oxidation sites excluding steroid dienone is 3. The van der Waals surface area contributed by atoms with Crippen LogP contribution in [0.3, 0.4) is 0 Å². The van der Waals surface area contributed by atoms with Crippen LogP contribution in [0.1, 0.15) is 26.2 Å². The normalized spacial score (nSPS) is 10.1. The number of ketones is 1. The van der Waals surface area contributed by atoms with E-state index in [0.717, 1.165) is 0 Å². The van der Waals surface area contributed by atoms with E-state index in [2.05, 4.69) is 11.3 Å². The van der Waals surface area contributed by atoms with E-state index < -0.39 is 5.97 Å². The van der Waals surface area contributed by atoms with Gasteiger partial charge in [-0.2, -0.15) is 0 Å². The van der Waals surface area contributed by atoms with E-state index in [0.29, 0.717) is 19.4 Å². The van der Waals surface area contributed by atoms with Crippen LogP contribution in [0, 0.1) is 0 Å². The summed E-state index contributed by atoms with van der Waals surface area (Å²) in [5, 5.41) is 0. The zero-order valence-electron chi connectivity index (χ0n) is 8.49. The SMILES string of the molecule is C=CC=CCCC(=O)CC(=O)OCC. The van der Waals surface area contributed by atoms with E-state index in [-0.39, 0.29) is 12.2 Å². The fourth-order valence-corrected chi connectivity index (χ4v) is 0.898. The smallest absolute Gasteiger partial charge is 0.313 e. The number of ether oxygens (including phenoxy) is 1. The predicted octanol–water partition coefficient (Wildman–Crippen LogP) is 2.03. The Bertz CT molecular complexity index is 229. The van der Waals surface area contributed by atoms with Crippen molar-refractivity contribution >= 4 is 11.8 Å². The van der Waals surface area contributed by atoms with Gasteiger partial charge in [0, 0.05) is 6.42 Å². The molecule has 0 amide bonds. The number of carbonyl (C=O) groups excluding carboxylic acids is 2. The van der Waals surface area contributed by atoms with E-state index >= 15 is 0 Å². The molecule has 0 N–H and O–H groups in total. The molecule has 0 atom stereocenters.